The molecule has 0 amide bonds. The third-order valence-electron chi connectivity index (χ3n) is 3.17. The van der Waals surface area contributed by atoms with E-state index in [9.17, 15) is 17.6 Å². The van der Waals surface area contributed by atoms with Gasteiger partial charge >= 0.3 is 5.97 Å². The van der Waals surface area contributed by atoms with E-state index in [2.05, 4.69) is 0 Å². The summed E-state index contributed by atoms with van der Waals surface area (Å²) in [6.07, 6.45) is 0. The number of carboxylic acids is 1. The smallest absolute Gasteiger partial charge is 0.337 e. The molecular weight excluding hydrogens is 353 g/mol. The van der Waals surface area contributed by atoms with Gasteiger partial charge in [0.15, 0.2) is 0 Å². The number of nitrogens with one attached hydrogen (secondary N) is 1. The highest BCUT2D eigenvalue weighted by Gasteiger charge is 2.21. The molecule has 0 aliphatic heterocycles. The van der Waals surface area contributed by atoms with E-state index in [4.69, 9.17) is 14.6 Å². The van der Waals surface area contributed by atoms with Crippen LogP contribution in [-0.2, 0) is 14.8 Å². The molecule has 9 heteroatoms. The fourth-order valence-corrected chi connectivity index (χ4v) is 3.05. The van der Waals surface area contributed by atoms with Crippen LogP contribution in [0, 0.1) is 5.82 Å². The lowest BCUT2D eigenvalue weighted by Gasteiger charge is -2.12. The standard InChI is InChI=1S/C16H16FNO6S/c1-23-9-10-24-11-5-7-12(8-6-11)25(21,22)18-15-13(16(19)20)3-2-4-14(15)17/h2-8,18H,9-10H2,1H3,(H,19,20). The Kier molecular flexibility index (Phi) is 5.94. The number of sulfonamides is 1. The lowest BCUT2D eigenvalue weighted by Crippen LogP contribution is -2.17. The highest BCUT2D eigenvalue weighted by Crippen LogP contribution is 2.24. The summed E-state index contributed by atoms with van der Waals surface area (Å²) in [7, 11) is -2.64. The normalized spacial score (nSPS) is 11.1. The number of rotatable bonds is 8. The van der Waals surface area contributed by atoms with Crippen LogP contribution in [0.4, 0.5) is 10.1 Å². The molecule has 0 radical (unpaired) electrons. The summed E-state index contributed by atoms with van der Waals surface area (Å²) in [6, 6.07) is 8.67. The molecule has 7 nitrogen and oxygen atoms in total. The minimum absolute atomic E-state index is 0.161. The van der Waals surface area contributed by atoms with E-state index in [1.807, 2.05) is 4.72 Å². The van der Waals surface area contributed by atoms with Gasteiger partial charge in [-0.3, -0.25) is 4.72 Å². The lowest BCUT2D eigenvalue weighted by molar-refractivity contribution is 0.0697. The van der Waals surface area contributed by atoms with Gasteiger partial charge in [0.25, 0.3) is 10.0 Å². The molecule has 2 rings (SSSR count). The molecule has 0 fully saturated rings. The summed E-state index contributed by atoms with van der Waals surface area (Å²) in [5.41, 5.74) is -1.10. The molecule has 0 saturated carbocycles. The summed E-state index contributed by atoms with van der Waals surface area (Å²) in [4.78, 5) is 11.0. The Morgan fingerprint density at radius 3 is 2.44 bits per heavy atom. The number of carboxylic acid groups (broad SMARTS) is 1. The minimum Gasteiger partial charge on any atom is -0.491 e. The van der Waals surface area contributed by atoms with Gasteiger partial charge in [-0.25, -0.2) is 17.6 Å². The predicted molar refractivity (Wildman–Crippen MR) is 88.0 cm³/mol. The predicted octanol–water partition coefficient (Wildman–Crippen LogP) is 2.35. The van der Waals surface area contributed by atoms with Crippen molar-refractivity contribution in [1.82, 2.24) is 0 Å². The van der Waals surface area contributed by atoms with E-state index in [1.54, 1.807) is 0 Å². The summed E-state index contributed by atoms with van der Waals surface area (Å²) in [5.74, 6) is -1.99. The highest BCUT2D eigenvalue weighted by atomic mass is 32.2. The molecule has 0 aromatic heterocycles. The van der Waals surface area contributed by atoms with Crippen molar-refractivity contribution in [3.8, 4) is 5.75 Å². The SMILES string of the molecule is COCCOc1ccc(S(=O)(=O)Nc2c(F)cccc2C(=O)O)cc1. The van der Waals surface area contributed by atoms with Gasteiger partial charge in [0, 0.05) is 7.11 Å². The maximum Gasteiger partial charge on any atom is 0.337 e. The molecule has 2 aromatic carbocycles. The second-order valence-electron chi connectivity index (χ2n) is 4.89. The monoisotopic (exact) mass is 369 g/mol. The van der Waals surface area contributed by atoms with Crippen molar-refractivity contribution in [2.24, 2.45) is 0 Å². The maximum atomic E-state index is 13.9. The van der Waals surface area contributed by atoms with Gasteiger partial charge in [-0.2, -0.15) is 0 Å². The van der Waals surface area contributed by atoms with Crippen LogP contribution in [0.25, 0.3) is 0 Å². The quantitative estimate of drug-likeness (QED) is 0.693. The van der Waals surface area contributed by atoms with Crippen LogP contribution in [0.1, 0.15) is 10.4 Å². The Balaban J connectivity index is 2.24. The van der Waals surface area contributed by atoms with Gasteiger partial charge in [-0.1, -0.05) is 6.07 Å². The van der Waals surface area contributed by atoms with Gasteiger partial charge in [0.05, 0.1) is 22.8 Å². The van der Waals surface area contributed by atoms with Crippen molar-refractivity contribution in [1.29, 1.82) is 0 Å². The number of halogens is 1. The topological polar surface area (TPSA) is 102 Å². The van der Waals surface area contributed by atoms with Crippen molar-refractivity contribution in [3.63, 3.8) is 0 Å². The largest absolute Gasteiger partial charge is 0.491 e. The van der Waals surface area contributed by atoms with E-state index >= 15 is 0 Å². The first kappa shape index (κ1) is 18.7. The second kappa shape index (κ2) is 7.95. The molecule has 0 unspecified atom stereocenters. The van der Waals surface area contributed by atoms with E-state index in [-0.39, 0.29) is 4.90 Å². The fraction of sp³-hybridized carbons (Fsp3) is 0.188. The molecule has 0 aliphatic carbocycles. The summed E-state index contributed by atoms with van der Waals surface area (Å²) < 4.78 is 50.7. The zero-order valence-corrected chi connectivity index (χ0v) is 14.0. The molecule has 0 atom stereocenters. The highest BCUT2D eigenvalue weighted by molar-refractivity contribution is 7.92. The number of methoxy groups -OCH3 is 1. The Morgan fingerprint density at radius 1 is 1.16 bits per heavy atom. The van der Waals surface area contributed by atoms with E-state index in [1.165, 1.54) is 37.4 Å². The molecule has 0 saturated heterocycles. The first-order valence-electron chi connectivity index (χ1n) is 7.11. The molecule has 134 valence electrons. The summed E-state index contributed by atoms with van der Waals surface area (Å²) in [6.45, 7) is 0.685. The fourth-order valence-electron chi connectivity index (χ4n) is 1.96. The van der Waals surface area contributed by atoms with Crippen LogP contribution >= 0.6 is 0 Å². The summed E-state index contributed by atoms with van der Waals surface area (Å²) >= 11 is 0. The number of anilines is 1. The van der Waals surface area contributed by atoms with Crippen molar-refractivity contribution >= 4 is 21.7 Å². The van der Waals surface area contributed by atoms with Crippen LogP contribution in [0.15, 0.2) is 47.4 Å². The third-order valence-corrected chi connectivity index (χ3v) is 4.54. The average molecular weight is 369 g/mol. The zero-order valence-electron chi connectivity index (χ0n) is 13.2. The second-order valence-corrected chi connectivity index (χ2v) is 6.57. The molecule has 0 bridgehead atoms. The zero-order chi connectivity index (χ0) is 18.4. The van der Waals surface area contributed by atoms with Gasteiger partial charge in [-0.15, -0.1) is 0 Å². The molecular formula is C16H16FNO6S. The molecule has 2 N–H and O–H groups in total. The first-order valence-corrected chi connectivity index (χ1v) is 8.60. The Morgan fingerprint density at radius 2 is 1.84 bits per heavy atom. The van der Waals surface area contributed by atoms with E-state index in [0.717, 1.165) is 12.1 Å². The molecule has 0 heterocycles. The van der Waals surface area contributed by atoms with Gasteiger partial charge in [0.1, 0.15) is 18.2 Å². The number of hydrogen-bond acceptors (Lipinski definition) is 5. The van der Waals surface area contributed by atoms with Crippen molar-refractivity contribution in [2.45, 2.75) is 4.90 Å². The molecule has 25 heavy (non-hydrogen) atoms. The average Bonchev–Trinajstić information content (AvgIpc) is 2.57. The Labute approximate surface area is 144 Å². The minimum atomic E-state index is -4.17. The number of carbonyl (C=O) groups is 1. The third kappa shape index (κ3) is 4.68. The Bertz CT molecular complexity index is 851. The van der Waals surface area contributed by atoms with Crippen LogP contribution in [-0.4, -0.2) is 39.8 Å². The molecule has 0 aliphatic rings. The number of ether oxygens (including phenoxy) is 2. The summed E-state index contributed by atoms with van der Waals surface area (Å²) in [5, 5.41) is 9.07. The Hall–Kier alpha value is -2.65. The lowest BCUT2D eigenvalue weighted by atomic mass is 10.2. The first-order chi connectivity index (χ1) is 11.8. The van der Waals surface area contributed by atoms with Gasteiger partial charge in [0.2, 0.25) is 0 Å². The van der Waals surface area contributed by atoms with E-state index < -0.39 is 33.1 Å². The number of benzene rings is 2. The van der Waals surface area contributed by atoms with Crippen LogP contribution in [0.5, 0.6) is 5.75 Å². The number of aromatic carboxylic acids is 1. The number of para-hydroxylation sites is 1. The van der Waals surface area contributed by atoms with Crippen molar-refractivity contribution in [2.75, 3.05) is 25.0 Å². The molecule has 2 aromatic rings. The van der Waals surface area contributed by atoms with Gasteiger partial charge in [-0.05, 0) is 36.4 Å². The van der Waals surface area contributed by atoms with Crippen LogP contribution in [0.3, 0.4) is 0 Å². The maximum absolute atomic E-state index is 13.9. The van der Waals surface area contributed by atoms with Crippen molar-refractivity contribution in [3.05, 3.63) is 53.8 Å². The number of hydrogen-bond donors (Lipinski definition) is 2. The van der Waals surface area contributed by atoms with Crippen LogP contribution < -0.4 is 9.46 Å². The molecule has 0 spiro atoms. The van der Waals surface area contributed by atoms with Crippen molar-refractivity contribution < 1.29 is 32.2 Å². The van der Waals surface area contributed by atoms with Gasteiger partial charge < -0.3 is 14.6 Å². The van der Waals surface area contributed by atoms with E-state index in [0.29, 0.717) is 19.0 Å². The van der Waals surface area contributed by atoms with Crippen LogP contribution in [0.2, 0.25) is 0 Å².